The third-order valence-electron chi connectivity index (χ3n) is 3.41. The predicted octanol–water partition coefficient (Wildman–Crippen LogP) is 2.98. The number of benzene rings is 1. The van der Waals surface area contributed by atoms with Crippen molar-refractivity contribution in [1.29, 1.82) is 0 Å². The van der Waals surface area contributed by atoms with Gasteiger partial charge in [-0.15, -0.1) is 23.1 Å². The molecule has 0 fully saturated rings. The molecular weight excluding hydrogens is 360 g/mol. The number of thioether (sulfide) groups is 1. The monoisotopic (exact) mass is 378 g/mol. The van der Waals surface area contributed by atoms with E-state index in [0.29, 0.717) is 5.56 Å². The number of methoxy groups -OCH3 is 1. The summed E-state index contributed by atoms with van der Waals surface area (Å²) < 4.78 is 4.69. The Balaban J connectivity index is 2.12. The van der Waals surface area contributed by atoms with Crippen molar-refractivity contribution in [1.82, 2.24) is 0 Å². The summed E-state index contributed by atoms with van der Waals surface area (Å²) in [6, 6.07) is 7.81. The minimum atomic E-state index is -0.703. The van der Waals surface area contributed by atoms with Crippen molar-refractivity contribution in [3.8, 4) is 0 Å². The van der Waals surface area contributed by atoms with Crippen LogP contribution in [0.2, 0.25) is 0 Å². The van der Waals surface area contributed by atoms with E-state index in [1.807, 2.05) is 31.2 Å². The molecular formula is C17H18N2O4S2. The molecule has 0 atom stereocenters. The van der Waals surface area contributed by atoms with E-state index < -0.39 is 11.9 Å². The van der Waals surface area contributed by atoms with Crippen molar-refractivity contribution < 1.29 is 19.1 Å². The highest BCUT2D eigenvalue weighted by Gasteiger charge is 2.24. The van der Waals surface area contributed by atoms with E-state index in [9.17, 15) is 14.4 Å². The number of esters is 1. The Hall–Kier alpha value is -2.32. The van der Waals surface area contributed by atoms with Crippen LogP contribution in [-0.2, 0) is 9.53 Å². The fourth-order valence-electron chi connectivity index (χ4n) is 2.13. The standard InChI is InChI=1S/C17H18N2O4S2/c1-9-4-6-11(7-5-9)24-8-12(20)19-16-13(15(18)21)10(2)14(25-16)17(22)23-3/h4-7H,8H2,1-3H3,(H2,18,21)(H,19,20). The van der Waals surface area contributed by atoms with Crippen molar-refractivity contribution >= 4 is 45.9 Å². The second kappa shape index (κ2) is 8.17. The molecule has 0 bridgehead atoms. The number of primary amides is 1. The van der Waals surface area contributed by atoms with Gasteiger partial charge in [-0.1, -0.05) is 17.7 Å². The second-order valence-electron chi connectivity index (χ2n) is 5.27. The largest absolute Gasteiger partial charge is 0.465 e. The van der Waals surface area contributed by atoms with Gasteiger partial charge in [-0.25, -0.2) is 4.79 Å². The van der Waals surface area contributed by atoms with E-state index in [0.717, 1.165) is 21.8 Å². The number of carbonyl (C=O) groups is 3. The molecule has 8 heteroatoms. The summed E-state index contributed by atoms with van der Waals surface area (Å²) in [6.45, 7) is 3.59. The average Bonchev–Trinajstić information content (AvgIpc) is 2.89. The van der Waals surface area contributed by atoms with Crippen molar-refractivity contribution in [2.45, 2.75) is 18.7 Å². The van der Waals surface area contributed by atoms with Gasteiger partial charge in [-0.2, -0.15) is 0 Å². The molecule has 3 N–H and O–H groups in total. The average molecular weight is 378 g/mol. The molecule has 2 rings (SSSR count). The summed E-state index contributed by atoms with van der Waals surface area (Å²) in [6.07, 6.45) is 0. The zero-order chi connectivity index (χ0) is 18.6. The van der Waals surface area contributed by atoms with Crippen LogP contribution >= 0.6 is 23.1 Å². The van der Waals surface area contributed by atoms with Gasteiger partial charge in [0.15, 0.2) is 0 Å². The topological polar surface area (TPSA) is 98.5 Å². The molecule has 0 aliphatic heterocycles. The molecule has 2 amide bonds. The number of nitrogens with one attached hydrogen (secondary N) is 1. The molecule has 1 aromatic carbocycles. The first-order valence-electron chi connectivity index (χ1n) is 7.34. The Morgan fingerprint density at radius 3 is 2.40 bits per heavy atom. The van der Waals surface area contributed by atoms with Crippen molar-refractivity contribution in [3.63, 3.8) is 0 Å². The summed E-state index contributed by atoms with van der Waals surface area (Å²) >= 11 is 2.36. The number of thiophene rings is 1. The van der Waals surface area contributed by atoms with Crippen LogP contribution < -0.4 is 11.1 Å². The van der Waals surface area contributed by atoms with Crippen LogP contribution in [0.15, 0.2) is 29.2 Å². The molecule has 0 spiro atoms. The SMILES string of the molecule is COC(=O)c1sc(NC(=O)CSc2ccc(C)cc2)c(C(N)=O)c1C. The zero-order valence-electron chi connectivity index (χ0n) is 14.0. The van der Waals surface area contributed by atoms with Gasteiger partial charge in [0.05, 0.1) is 18.4 Å². The third-order valence-corrected chi connectivity index (χ3v) is 5.61. The Morgan fingerprint density at radius 2 is 1.84 bits per heavy atom. The van der Waals surface area contributed by atoms with Gasteiger partial charge < -0.3 is 15.8 Å². The highest BCUT2D eigenvalue weighted by atomic mass is 32.2. The van der Waals surface area contributed by atoms with Gasteiger partial charge in [0.2, 0.25) is 5.91 Å². The van der Waals surface area contributed by atoms with Crippen LogP contribution in [0.1, 0.15) is 31.2 Å². The Morgan fingerprint density at radius 1 is 1.20 bits per heavy atom. The third kappa shape index (κ3) is 4.61. The number of hydrogen-bond acceptors (Lipinski definition) is 6. The number of amides is 2. The van der Waals surface area contributed by atoms with E-state index >= 15 is 0 Å². The van der Waals surface area contributed by atoms with Gasteiger partial charge in [0, 0.05) is 4.90 Å². The second-order valence-corrected chi connectivity index (χ2v) is 7.34. The lowest BCUT2D eigenvalue weighted by atomic mass is 10.1. The van der Waals surface area contributed by atoms with Gasteiger partial charge in [0.1, 0.15) is 9.88 Å². The number of anilines is 1. The molecule has 2 aromatic rings. The van der Waals surface area contributed by atoms with Crippen LogP contribution in [-0.4, -0.2) is 30.6 Å². The normalized spacial score (nSPS) is 10.4. The molecule has 0 saturated heterocycles. The van der Waals surface area contributed by atoms with Gasteiger partial charge in [-0.05, 0) is 31.5 Å². The summed E-state index contributed by atoms with van der Waals surface area (Å²) in [5.74, 6) is -1.39. The lowest BCUT2D eigenvalue weighted by molar-refractivity contribution is -0.113. The van der Waals surface area contributed by atoms with Gasteiger partial charge in [0.25, 0.3) is 5.91 Å². The lowest BCUT2D eigenvalue weighted by Gasteiger charge is -2.05. The van der Waals surface area contributed by atoms with E-state index in [4.69, 9.17) is 5.73 Å². The number of ether oxygens (including phenoxy) is 1. The summed E-state index contributed by atoms with van der Waals surface area (Å²) in [5.41, 5.74) is 7.07. The summed E-state index contributed by atoms with van der Waals surface area (Å²) in [5, 5.41) is 2.93. The molecule has 132 valence electrons. The molecule has 0 aliphatic carbocycles. The minimum Gasteiger partial charge on any atom is -0.465 e. The summed E-state index contributed by atoms with van der Waals surface area (Å²) in [4.78, 5) is 36.9. The minimum absolute atomic E-state index is 0.138. The first kappa shape index (κ1) is 19.0. The van der Waals surface area contributed by atoms with Crippen LogP contribution in [0.5, 0.6) is 0 Å². The van der Waals surface area contributed by atoms with Crippen molar-refractivity contribution in [2.75, 3.05) is 18.2 Å². The van der Waals surface area contributed by atoms with E-state index in [1.165, 1.54) is 18.9 Å². The maximum absolute atomic E-state index is 12.2. The van der Waals surface area contributed by atoms with E-state index in [-0.39, 0.29) is 27.1 Å². The molecule has 1 aromatic heterocycles. The van der Waals surface area contributed by atoms with Crippen LogP contribution in [0.3, 0.4) is 0 Å². The molecule has 0 radical (unpaired) electrons. The van der Waals surface area contributed by atoms with Gasteiger partial charge >= 0.3 is 5.97 Å². The Kier molecular flexibility index (Phi) is 6.22. The highest BCUT2D eigenvalue weighted by Crippen LogP contribution is 2.33. The summed E-state index contributed by atoms with van der Waals surface area (Å²) in [7, 11) is 1.25. The molecule has 25 heavy (non-hydrogen) atoms. The molecule has 1 heterocycles. The van der Waals surface area contributed by atoms with E-state index in [2.05, 4.69) is 10.1 Å². The predicted molar refractivity (Wildman–Crippen MR) is 99.4 cm³/mol. The number of rotatable bonds is 6. The van der Waals surface area contributed by atoms with Crippen LogP contribution in [0.4, 0.5) is 5.00 Å². The van der Waals surface area contributed by atoms with Crippen molar-refractivity contribution in [2.24, 2.45) is 5.73 Å². The first-order valence-corrected chi connectivity index (χ1v) is 9.14. The molecule has 6 nitrogen and oxygen atoms in total. The molecule has 0 saturated carbocycles. The number of hydrogen-bond donors (Lipinski definition) is 2. The fourth-order valence-corrected chi connectivity index (χ4v) is 3.98. The van der Waals surface area contributed by atoms with Crippen LogP contribution in [0, 0.1) is 13.8 Å². The highest BCUT2D eigenvalue weighted by molar-refractivity contribution is 8.00. The smallest absolute Gasteiger partial charge is 0.348 e. The molecule has 0 aliphatic rings. The first-order chi connectivity index (χ1) is 11.8. The quantitative estimate of drug-likeness (QED) is 0.595. The van der Waals surface area contributed by atoms with Crippen LogP contribution in [0.25, 0.3) is 0 Å². The Labute approximate surface area is 153 Å². The maximum Gasteiger partial charge on any atom is 0.348 e. The number of aryl methyl sites for hydroxylation is 1. The molecule has 0 unspecified atom stereocenters. The zero-order valence-corrected chi connectivity index (χ0v) is 15.7. The van der Waals surface area contributed by atoms with Crippen molar-refractivity contribution in [3.05, 3.63) is 45.8 Å². The number of carbonyl (C=O) groups excluding carboxylic acids is 3. The Bertz CT molecular complexity index is 813. The van der Waals surface area contributed by atoms with Gasteiger partial charge in [-0.3, -0.25) is 9.59 Å². The van der Waals surface area contributed by atoms with E-state index in [1.54, 1.807) is 6.92 Å². The lowest BCUT2D eigenvalue weighted by Crippen LogP contribution is -2.18. The maximum atomic E-state index is 12.2. The number of nitrogens with two attached hydrogens (primary N) is 1. The fraction of sp³-hybridized carbons (Fsp3) is 0.235.